The van der Waals surface area contributed by atoms with Crippen molar-refractivity contribution in [2.75, 3.05) is 65.4 Å². The number of benzene rings is 3. The number of phenolic OH excluding ortho intramolecular Hbond substituents is 1. The standard InChI is InChI=1S/C87H121N23O22S2/c1-7-9-21-63-79(125)98-54(20-15-29-94-87(92)93)75(121)105-62(74(120)96-39-71(91)117)43-133-44-72(118)97-57(31-46-25-27-49(112)28-26-46)82(128)106(4)45(3)73(119)101-59(36-69(89)115)84(130)109-30-16-23-64(109)80(126)100-56(35-68(88)114)77(123)103-60(37-70(90)116)85(131)110-40-50(113)34-66(110)81(127)99-55(32-47-38-95-53-19-13-11-17-51(47)53)76(122)104-61(41-111)78(124)102-58(33-48-42-134-67-24-14-12-18-52(48)67)83(129)108(6)65(22-10-8-2)86(132)107(63)5/h11-14,17-19,24-28,38,42,45,50,54-66,95,111-113H,7-10,15-16,20-23,29-37,39-41,43-44H2,1-6H3,(H2,88,114)(H2,89,115)(H2,90,116)(H2,91,117)(H,96,120)(H,97,118)(H,98,125)(H,99,127)(H,100,126)(H,101,119)(H,102,124)(H,103,123)(H,104,122)(H,105,121)(H4,92,93,94)/t45-,50+,54-,55-,56-,57-,58-,59-,60-,61-,62?,63-,64-,65-,66-/m0/s1. The monoisotopic (exact) mass is 1900 g/mol. The minimum absolute atomic E-state index is 0.0188. The molecule has 728 valence electrons. The highest BCUT2D eigenvalue weighted by Gasteiger charge is 2.47. The highest BCUT2D eigenvalue weighted by Crippen LogP contribution is 2.30. The number of guanidine groups is 1. The van der Waals surface area contributed by atoms with Crippen molar-refractivity contribution in [2.24, 2.45) is 28.7 Å². The van der Waals surface area contributed by atoms with Crippen LogP contribution in [0, 0.1) is 5.41 Å². The number of hydrogen-bond donors (Lipinski definition) is 21. The van der Waals surface area contributed by atoms with E-state index >= 15 is 33.6 Å². The zero-order chi connectivity index (χ0) is 98.5. The Hall–Kier alpha value is -13.6. The lowest BCUT2D eigenvalue weighted by Gasteiger charge is -2.36. The van der Waals surface area contributed by atoms with Gasteiger partial charge in [-0.05, 0) is 97.2 Å². The molecule has 3 aromatic carbocycles. The maximum absolute atomic E-state index is 15.7. The predicted molar refractivity (Wildman–Crippen MR) is 489 cm³/mol. The van der Waals surface area contributed by atoms with Crippen LogP contribution in [0.3, 0.4) is 0 Å². The zero-order valence-corrected chi connectivity index (χ0v) is 76.9. The van der Waals surface area contributed by atoms with Gasteiger partial charge in [0.2, 0.25) is 112 Å². The van der Waals surface area contributed by atoms with Crippen LogP contribution in [-0.2, 0) is 110 Å². The number of fused-ring (bicyclic) bond motifs is 4. The average molecular weight is 1910 g/mol. The van der Waals surface area contributed by atoms with Crippen LogP contribution in [0.5, 0.6) is 5.75 Å². The number of thioether (sulfide) groups is 1. The van der Waals surface area contributed by atoms with E-state index in [2.05, 4.69) is 63.5 Å². The van der Waals surface area contributed by atoms with Gasteiger partial charge in [0.25, 0.3) is 0 Å². The molecule has 0 spiro atoms. The number of nitrogens with two attached hydrogens (primary N) is 5. The van der Waals surface area contributed by atoms with E-state index in [9.17, 15) is 72.9 Å². The van der Waals surface area contributed by atoms with Crippen molar-refractivity contribution >= 4 is 162 Å². The number of aliphatic hydroxyl groups is 2. The Bertz CT molecular complexity index is 5130. The second-order valence-electron chi connectivity index (χ2n) is 33.3. The minimum Gasteiger partial charge on any atom is -0.508 e. The Balaban J connectivity index is 1.20. The molecule has 15 atom stereocenters. The number of aromatic nitrogens is 1. The first-order valence-electron chi connectivity index (χ1n) is 43.9. The molecule has 0 saturated carbocycles. The number of carbonyl (C=O) groups excluding carboxylic acids is 19. The van der Waals surface area contributed by atoms with Gasteiger partial charge in [-0.3, -0.25) is 96.5 Å². The summed E-state index contributed by atoms with van der Waals surface area (Å²) >= 11 is 2.05. The molecule has 0 bridgehead atoms. The van der Waals surface area contributed by atoms with E-state index in [0.29, 0.717) is 58.7 Å². The average Bonchev–Trinajstić information content (AvgIpc) is 1.27. The molecule has 45 nitrogen and oxygen atoms in total. The maximum atomic E-state index is 15.7. The van der Waals surface area contributed by atoms with Gasteiger partial charge in [-0.15, -0.1) is 23.1 Å². The summed E-state index contributed by atoms with van der Waals surface area (Å²) in [5.74, 6) is -22.0. The number of likely N-dealkylation sites (N-methyl/N-ethyl adjacent to an activating group) is 3. The summed E-state index contributed by atoms with van der Waals surface area (Å²) in [4.78, 5) is 282. The number of H-pyrrole nitrogens is 1. The number of amides is 19. The number of aromatic amines is 1. The summed E-state index contributed by atoms with van der Waals surface area (Å²) in [5, 5.41) is 71.3. The van der Waals surface area contributed by atoms with E-state index in [-0.39, 0.29) is 76.6 Å². The molecule has 3 fully saturated rings. The Morgan fingerprint density at radius 3 is 1.69 bits per heavy atom. The van der Waals surface area contributed by atoms with Crippen molar-refractivity contribution in [1.29, 1.82) is 5.41 Å². The second kappa shape index (κ2) is 50.3. The molecule has 5 aromatic rings. The van der Waals surface area contributed by atoms with Crippen molar-refractivity contribution in [3.63, 3.8) is 0 Å². The summed E-state index contributed by atoms with van der Waals surface area (Å²) in [6, 6.07) is -4.32. The molecule has 0 radical (unpaired) electrons. The van der Waals surface area contributed by atoms with Crippen LogP contribution in [0.15, 0.2) is 84.4 Å². The molecule has 19 amide bonds. The first-order valence-corrected chi connectivity index (χ1v) is 45.9. The lowest BCUT2D eigenvalue weighted by atomic mass is 10.00. The fourth-order valence-corrected chi connectivity index (χ4v) is 17.8. The third kappa shape index (κ3) is 29.7. The fourth-order valence-electron chi connectivity index (χ4n) is 16.0. The summed E-state index contributed by atoms with van der Waals surface area (Å²) < 4.78 is 0.783. The fraction of sp³-hybridized carbons (Fsp3) is 0.517. The number of aromatic hydroxyl groups is 1. The summed E-state index contributed by atoms with van der Waals surface area (Å²) in [5.41, 5.74) is 29.9. The number of nitrogens with one attached hydrogen (secondary N) is 13. The highest BCUT2D eigenvalue weighted by molar-refractivity contribution is 8.00. The van der Waals surface area contributed by atoms with Crippen LogP contribution in [0.2, 0.25) is 0 Å². The van der Waals surface area contributed by atoms with Crippen LogP contribution in [0.25, 0.3) is 21.0 Å². The lowest BCUT2D eigenvalue weighted by Crippen LogP contribution is -2.62. The number of primary amides is 4. The molecule has 5 heterocycles. The van der Waals surface area contributed by atoms with Crippen molar-refractivity contribution in [3.05, 3.63) is 101 Å². The van der Waals surface area contributed by atoms with Crippen molar-refractivity contribution in [3.8, 4) is 5.75 Å². The summed E-state index contributed by atoms with van der Waals surface area (Å²) in [7, 11) is 3.81. The van der Waals surface area contributed by atoms with Gasteiger partial charge in [0.1, 0.15) is 90.3 Å². The van der Waals surface area contributed by atoms with E-state index in [1.807, 2.05) is 19.9 Å². The largest absolute Gasteiger partial charge is 0.508 e. The van der Waals surface area contributed by atoms with Crippen molar-refractivity contribution < 1.29 is 106 Å². The number of phenols is 1. The molecular weight excluding hydrogens is 1780 g/mol. The quantitative estimate of drug-likeness (QED) is 0.0140. The molecule has 8 rings (SSSR count). The van der Waals surface area contributed by atoms with Gasteiger partial charge in [0.05, 0.1) is 44.3 Å². The van der Waals surface area contributed by atoms with Crippen LogP contribution in [-0.4, -0.2) is 319 Å². The van der Waals surface area contributed by atoms with Gasteiger partial charge in [-0.2, -0.15) is 0 Å². The van der Waals surface area contributed by atoms with E-state index in [4.69, 9.17) is 34.1 Å². The van der Waals surface area contributed by atoms with Crippen molar-refractivity contribution in [2.45, 2.75) is 221 Å². The number of hydrogen-bond acceptors (Lipinski definition) is 25. The van der Waals surface area contributed by atoms with E-state index < -0.39 is 266 Å². The lowest BCUT2D eigenvalue weighted by molar-refractivity contribution is -0.149. The van der Waals surface area contributed by atoms with Gasteiger partial charge in [0.15, 0.2) is 5.96 Å². The van der Waals surface area contributed by atoms with Gasteiger partial charge in [-0.25, -0.2) is 0 Å². The van der Waals surface area contributed by atoms with Crippen LogP contribution < -0.4 is 87.2 Å². The molecule has 47 heteroatoms. The maximum Gasteiger partial charge on any atom is 0.246 e. The van der Waals surface area contributed by atoms with Crippen LogP contribution in [0.1, 0.15) is 127 Å². The second-order valence-corrected chi connectivity index (χ2v) is 35.2. The molecule has 3 saturated heterocycles. The first-order chi connectivity index (χ1) is 63.6. The van der Waals surface area contributed by atoms with E-state index in [1.54, 1.807) is 47.8 Å². The molecule has 3 aliphatic heterocycles. The summed E-state index contributed by atoms with van der Waals surface area (Å²) in [6.07, 6.45) is -3.26. The third-order valence-corrected chi connectivity index (χ3v) is 25.4. The van der Waals surface area contributed by atoms with Gasteiger partial charge >= 0.3 is 0 Å². The molecule has 1 unspecified atom stereocenters. The zero-order valence-electron chi connectivity index (χ0n) is 75.3. The number of thiophene rings is 1. The van der Waals surface area contributed by atoms with Gasteiger partial charge in [-0.1, -0.05) is 88.1 Å². The summed E-state index contributed by atoms with van der Waals surface area (Å²) in [6.45, 7) is 2.04. The Kier molecular flexibility index (Phi) is 39.7. The molecule has 26 N–H and O–H groups in total. The topological polar surface area (TPSA) is 703 Å². The highest BCUT2D eigenvalue weighted by atomic mass is 32.2. The Morgan fingerprint density at radius 2 is 1.04 bits per heavy atom. The van der Waals surface area contributed by atoms with Crippen LogP contribution >= 0.6 is 23.1 Å². The smallest absolute Gasteiger partial charge is 0.246 e. The molecule has 134 heavy (non-hydrogen) atoms. The van der Waals surface area contributed by atoms with E-state index in [1.165, 1.54) is 69.9 Å². The predicted octanol–water partition coefficient (Wildman–Crippen LogP) is -5.46. The number of carbonyl (C=O) groups is 19. The van der Waals surface area contributed by atoms with Gasteiger partial charge < -0.3 is 132 Å². The number of rotatable bonds is 26. The third-order valence-electron chi connectivity index (χ3n) is 23.3. The number of para-hydroxylation sites is 1. The minimum atomic E-state index is -2.06. The number of aliphatic hydroxyl groups excluding tert-OH is 2. The van der Waals surface area contributed by atoms with E-state index in [0.717, 1.165) is 41.0 Å². The Labute approximate surface area is 779 Å². The van der Waals surface area contributed by atoms with Crippen LogP contribution in [0.4, 0.5) is 0 Å². The van der Waals surface area contributed by atoms with Crippen molar-refractivity contribution in [1.82, 2.24) is 88.0 Å². The molecule has 3 aliphatic rings. The molecule has 0 aliphatic carbocycles. The SMILES string of the molecule is CCCC[C@H]1C(=O)N(C)[C@@H](CCCC)C(=O)N[C@@H](CCCNC(=N)N)C(=O)NC(C(=O)NCC(N)=O)CSCC(=O)N[C@@H](Cc2ccc(O)cc2)C(=O)N(C)[C@@H](C)C(=O)N[C@@H](CC(N)=O)C(=O)N2CCC[C@H]2C(=O)N[C@@H](CC(N)=O)C(=O)N[C@@H](CC(N)=O)C(=O)N2C[C@H](O)C[C@H]2C(=O)N[C@@H](Cc2c[nH]c3ccccc23)C(=O)N[C@@H](CO)C(=O)N[C@@H](Cc2csc3ccccc23)C(=O)N1C. The molecule has 2 aromatic heterocycles. The normalized spacial score (nSPS) is 24.7. The van der Waals surface area contributed by atoms with Gasteiger partial charge in [0, 0.05) is 94.0 Å². The molecular formula is C87H121N23O22S2. The Morgan fingerprint density at radius 1 is 0.515 bits per heavy atom. The number of unbranched alkanes of at least 4 members (excludes halogenated alkanes) is 2. The first kappa shape index (κ1) is 106. The number of nitrogens with zero attached hydrogens (tertiary/aromatic N) is 5.